The molecule has 1 N–H and O–H groups in total. The summed E-state index contributed by atoms with van der Waals surface area (Å²) in [5, 5.41) is 3.52. The van der Waals surface area contributed by atoms with E-state index in [2.05, 4.69) is 51.2 Å². The van der Waals surface area contributed by atoms with Gasteiger partial charge in [-0.3, -0.25) is 0 Å². The molecular formula is C14H23N. The Bertz CT molecular complexity index is 284. The average molecular weight is 205 g/mol. The highest BCUT2D eigenvalue weighted by molar-refractivity contribution is 5.28. The van der Waals surface area contributed by atoms with Crippen molar-refractivity contribution in [3.63, 3.8) is 0 Å². The SMILES string of the molecule is CCC(C)NCCc1cc(C)cc(C)c1. The molecule has 1 atom stereocenters. The summed E-state index contributed by atoms with van der Waals surface area (Å²) >= 11 is 0. The first kappa shape index (κ1) is 12.3. The lowest BCUT2D eigenvalue weighted by Crippen LogP contribution is -2.27. The number of nitrogens with one attached hydrogen (secondary N) is 1. The smallest absolute Gasteiger partial charge is 0.00362 e. The van der Waals surface area contributed by atoms with Gasteiger partial charge >= 0.3 is 0 Å². The van der Waals surface area contributed by atoms with Crippen molar-refractivity contribution in [2.45, 2.75) is 46.6 Å². The fourth-order valence-electron chi connectivity index (χ4n) is 1.82. The quantitative estimate of drug-likeness (QED) is 0.778. The summed E-state index contributed by atoms with van der Waals surface area (Å²) in [5.74, 6) is 0. The minimum atomic E-state index is 0.635. The zero-order chi connectivity index (χ0) is 11.3. The van der Waals surface area contributed by atoms with Crippen molar-refractivity contribution >= 4 is 0 Å². The third-order valence-electron chi connectivity index (χ3n) is 2.80. The lowest BCUT2D eigenvalue weighted by Gasteiger charge is -2.11. The summed E-state index contributed by atoms with van der Waals surface area (Å²) in [6.45, 7) is 9.87. The monoisotopic (exact) mass is 205 g/mol. The summed E-state index contributed by atoms with van der Waals surface area (Å²) < 4.78 is 0. The molecule has 0 amide bonds. The van der Waals surface area contributed by atoms with Crippen LogP contribution in [0.3, 0.4) is 0 Å². The molecule has 0 aliphatic rings. The fraction of sp³-hybridized carbons (Fsp3) is 0.571. The lowest BCUT2D eigenvalue weighted by molar-refractivity contribution is 0.537. The van der Waals surface area contributed by atoms with Gasteiger partial charge in [0.05, 0.1) is 0 Å². The third kappa shape index (κ3) is 4.48. The van der Waals surface area contributed by atoms with Crippen molar-refractivity contribution in [2.24, 2.45) is 0 Å². The number of hydrogen-bond donors (Lipinski definition) is 1. The average Bonchev–Trinajstić information content (AvgIpc) is 2.16. The van der Waals surface area contributed by atoms with Crippen molar-refractivity contribution in [3.05, 3.63) is 34.9 Å². The summed E-state index contributed by atoms with van der Waals surface area (Å²) in [6.07, 6.45) is 2.33. The predicted molar refractivity (Wildman–Crippen MR) is 67.4 cm³/mol. The molecule has 0 saturated carbocycles. The van der Waals surface area contributed by atoms with Crippen molar-refractivity contribution in [1.29, 1.82) is 0 Å². The molecule has 1 heteroatoms. The molecule has 1 aromatic rings. The van der Waals surface area contributed by atoms with Crippen LogP contribution >= 0.6 is 0 Å². The van der Waals surface area contributed by atoms with Crippen LogP contribution in [0.15, 0.2) is 18.2 Å². The van der Waals surface area contributed by atoms with Gasteiger partial charge in [0.1, 0.15) is 0 Å². The third-order valence-corrected chi connectivity index (χ3v) is 2.80. The second-order valence-corrected chi connectivity index (χ2v) is 4.51. The Hall–Kier alpha value is -0.820. The van der Waals surface area contributed by atoms with Crippen LogP contribution in [0, 0.1) is 13.8 Å². The molecule has 0 fully saturated rings. The maximum atomic E-state index is 3.52. The standard InChI is InChI=1S/C14H23N/c1-5-13(4)15-7-6-14-9-11(2)8-12(3)10-14/h8-10,13,15H,5-7H2,1-4H3. The van der Waals surface area contributed by atoms with Crippen molar-refractivity contribution in [2.75, 3.05) is 6.54 Å². The molecule has 0 saturated heterocycles. The number of benzene rings is 1. The molecule has 1 rings (SSSR count). The first-order chi connectivity index (χ1) is 7.11. The Labute approximate surface area is 93.9 Å². The maximum absolute atomic E-state index is 3.52. The van der Waals surface area contributed by atoms with Gasteiger partial charge in [0, 0.05) is 6.04 Å². The molecule has 0 aliphatic heterocycles. The zero-order valence-corrected chi connectivity index (χ0v) is 10.4. The van der Waals surface area contributed by atoms with Gasteiger partial charge in [-0.2, -0.15) is 0 Å². The Morgan fingerprint density at radius 1 is 1.13 bits per heavy atom. The highest BCUT2D eigenvalue weighted by atomic mass is 14.9. The second kappa shape index (κ2) is 5.92. The molecule has 0 bridgehead atoms. The summed E-state index contributed by atoms with van der Waals surface area (Å²) in [6, 6.07) is 7.43. The molecule has 84 valence electrons. The number of aryl methyl sites for hydroxylation is 2. The summed E-state index contributed by atoms with van der Waals surface area (Å²) in [5.41, 5.74) is 4.19. The van der Waals surface area contributed by atoms with Crippen LogP contribution in [-0.2, 0) is 6.42 Å². The lowest BCUT2D eigenvalue weighted by atomic mass is 10.0. The van der Waals surface area contributed by atoms with Gasteiger partial charge in [-0.25, -0.2) is 0 Å². The van der Waals surface area contributed by atoms with Gasteiger partial charge in [0.2, 0.25) is 0 Å². The number of rotatable bonds is 5. The minimum Gasteiger partial charge on any atom is -0.314 e. The molecule has 15 heavy (non-hydrogen) atoms. The van der Waals surface area contributed by atoms with E-state index in [0.29, 0.717) is 6.04 Å². The van der Waals surface area contributed by atoms with E-state index in [1.54, 1.807) is 0 Å². The van der Waals surface area contributed by atoms with Crippen LogP contribution in [0.2, 0.25) is 0 Å². The van der Waals surface area contributed by atoms with Crippen molar-refractivity contribution in [1.82, 2.24) is 5.32 Å². The van der Waals surface area contributed by atoms with Gasteiger partial charge in [-0.15, -0.1) is 0 Å². The molecule has 0 radical (unpaired) electrons. The van der Waals surface area contributed by atoms with Crippen LogP contribution in [0.5, 0.6) is 0 Å². The van der Waals surface area contributed by atoms with Gasteiger partial charge in [-0.1, -0.05) is 36.2 Å². The first-order valence-electron chi connectivity index (χ1n) is 5.92. The van der Waals surface area contributed by atoms with E-state index in [0.717, 1.165) is 13.0 Å². The summed E-state index contributed by atoms with van der Waals surface area (Å²) in [7, 11) is 0. The molecule has 1 nitrogen and oxygen atoms in total. The van der Waals surface area contributed by atoms with E-state index in [4.69, 9.17) is 0 Å². The molecule has 1 aromatic carbocycles. The van der Waals surface area contributed by atoms with Gasteiger partial charge < -0.3 is 5.32 Å². The van der Waals surface area contributed by atoms with Crippen LogP contribution in [0.4, 0.5) is 0 Å². The van der Waals surface area contributed by atoms with Gasteiger partial charge in [0.25, 0.3) is 0 Å². The summed E-state index contributed by atoms with van der Waals surface area (Å²) in [4.78, 5) is 0. The Kier molecular flexibility index (Phi) is 4.83. The topological polar surface area (TPSA) is 12.0 Å². The van der Waals surface area contributed by atoms with Crippen LogP contribution in [0.1, 0.15) is 37.0 Å². The highest BCUT2D eigenvalue weighted by Crippen LogP contribution is 2.09. The molecule has 1 unspecified atom stereocenters. The highest BCUT2D eigenvalue weighted by Gasteiger charge is 1.99. The minimum absolute atomic E-state index is 0.635. The fourth-order valence-corrected chi connectivity index (χ4v) is 1.82. The van der Waals surface area contributed by atoms with E-state index in [1.807, 2.05) is 0 Å². The van der Waals surface area contributed by atoms with E-state index >= 15 is 0 Å². The Balaban J connectivity index is 2.43. The van der Waals surface area contributed by atoms with E-state index < -0.39 is 0 Å². The zero-order valence-electron chi connectivity index (χ0n) is 10.4. The maximum Gasteiger partial charge on any atom is 0.00362 e. The number of hydrogen-bond acceptors (Lipinski definition) is 1. The van der Waals surface area contributed by atoms with E-state index in [9.17, 15) is 0 Å². The Morgan fingerprint density at radius 2 is 1.73 bits per heavy atom. The predicted octanol–water partition coefficient (Wildman–Crippen LogP) is 3.23. The normalized spacial score (nSPS) is 12.8. The Morgan fingerprint density at radius 3 is 2.27 bits per heavy atom. The van der Waals surface area contributed by atoms with E-state index in [1.165, 1.54) is 23.1 Å². The first-order valence-corrected chi connectivity index (χ1v) is 5.92. The molecular weight excluding hydrogens is 182 g/mol. The van der Waals surface area contributed by atoms with Crippen LogP contribution in [0.25, 0.3) is 0 Å². The van der Waals surface area contributed by atoms with Crippen molar-refractivity contribution in [3.8, 4) is 0 Å². The molecule has 0 spiro atoms. The van der Waals surface area contributed by atoms with Gasteiger partial charge in [0.15, 0.2) is 0 Å². The van der Waals surface area contributed by atoms with Crippen LogP contribution < -0.4 is 5.32 Å². The molecule has 0 aromatic heterocycles. The molecule has 0 heterocycles. The van der Waals surface area contributed by atoms with Crippen LogP contribution in [-0.4, -0.2) is 12.6 Å². The second-order valence-electron chi connectivity index (χ2n) is 4.51. The molecule has 0 aliphatic carbocycles. The van der Waals surface area contributed by atoms with Gasteiger partial charge in [-0.05, 0) is 45.7 Å². The van der Waals surface area contributed by atoms with E-state index in [-0.39, 0.29) is 0 Å². The van der Waals surface area contributed by atoms with Crippen molar-refractivity contribution < 1.29 is 0 Å². The largest absolute Gasteiger partial charge is 0.314 e.